The van der Waals surface area contributed by atoms with Crippen LogP contribution in [0.4, 0.5) is 11.4 Å². The second-order valence-electron chi connectivity index (χ2n) is 18.5. The molecular weight excluding hydrogens is 1140 g/mol. The van der Waals surface area contributed by atoms with Crippen LogP contribution in [-0.4, -0.2) is 197 Å². The number of aryl methyl sites for hydroxylation is 1. The summed E-state index contributed by atoms with van der Waals surface area (Å²) in [5.74, 6) is -8.52. The molecule has 0 aromatic heterocycles. The average molecular weight is 1210 g/mol. The second-order valence-corrected chi connectivity index (χ2v) is 18.9. The molecule has 0 spiro atoms. The summed E-state index contributed by atoms with van der Waals surface area (Å²) in [6.07, 6.45) is 1.50. The number of carbonyl (C=O) groups is 9. The molecule has 1 unspecified atom stereocenters. The first-order valence-electron chi connectivity index (χ1n) is 24.2. The fourth-order valence-corrected chi connectivity index (χ4v) is 8.77. The van der Waals surface area contributed by atoms with Gasteiger partial charge in [0.1, 0.15) is 18.1 Å². The number of carbonyl (C=O) groups excluding carboxylic acids is 9. The first-order valence-corrected chi connectivity index (χ1v) is 24.6. The number of nitrogens with one attached hydrogen (secondary N) is 6. The van der Waals surface area contributed by atoms with E-state index in [0.29, 0.717) is 30.6 Å². The van der Waals surface area contributed by atoms with Crippen molar-refractivity contribution in [2.45, 2.75) is 77.0 Å². The normalized spacial score (nSPS) is 17.3. The maximum absolute atomic E-state index is 13.4. The zero-order valence-corrected chi connectivity index (χ0v) is 45.1. The van der Waals surface area contributed by atoms with Gasteiger partial charge in [-0.1, -0.05) is 26.0 Å². The summed E-state index contributed by atoms with van der Waals surface area (Å²) in [7, 11) is 0. The molecule has 25 nitrogen and oxygen atoms in total. The average Bonchev–Trinajstić information content (AvgIpc) is 3.84. The number of aliphatic carboxylic acids is 4. The molecule has 7 N–H and O–H groups in total. The van der Waals surface area contributed by atoms with Gasteiger partial charge in [-0.15, -0.1) is 0 Å². The fraction of sp³-hybridized carbons (Fsp3) is 0.542. The van der Waals surface area contributed by atoms with Crippen LogP contribution >= 0.6 is 12.2 Å². The van der Waals surface area contributed by atoms with Crippen molar-refractivity contribution in [1.82, 2.24) is 45.9 Å². The Bertz CT molecular complexity index is 2270. The number of benzene rings is 2. The first-order chi connectivity index (χ1) is 35.1. The third kappa shape index (κ3) is 22.3. The summed E-state index contributed by atoms with van der Waals surface area (Å²) in [4.78, 5) is 119. The van der Waals surface area contributed by atoms with Crippen LogP contribution in [0.2, 0.25) is 0 Å². The molecule has 4 atom stereocenters. The minimum absolute atomic E-state index is 0. The van der Waals surface area contributed by atoms with Crippen LogP contribution in [0.5, 0.6) is 0 Å². The molecule has 414 valence electrons. The van der Waals surface area contributed by atoms with Crippen molar-refractivity contribution in [2.24, 2.45) is 5.92 Å². The minimum Gasteiger partial charge on any atom is -0.549 e. The third-order valence-corrected chi connectivity index (χ3v) is 12.6. The Morgan fingerprint density at radius 3 is 1.64 bits per heavy atom. The number of nitrogens with zero attached hydrogens (tertiary/aromatic N) is 5. The van der Waals surface area contributed by atoms with Gasteiger partial charge in [0.2, 0.25) is 17.7 Å². The maximum atomic E-state index is 13.4. The topological polar surface area (TPSA) is 354 Å². The molecule has 0 saturated carbocycles. The van der Waals surface area contributed by atoms with Gasteiger partial charge in [-0.2, -0.15) is 0 Å². The van der Waals surface area contributed by atoms with Gasteiger partial charge in [-0.05, 0) is 99.1 Å². The molecular formula is C48H65GdN11O14S-4. The molecule has 2 aliphatic rings. The molecule has 2 heterocycles. The van der Waals surface area contributed by atoms with Crippen LogP contribution in [0.15, 0.2) is 48.5 Å². The SMILES string of the molecule is CC(C)C[C@@H](NC(=O)[C@@H]1CCCN1C(=O)CNC(=O)c1ccc(NC(=S)Nc2ccc(CCC(C(=O)[O-])N3CCN(CC(=O)[O-])CCN(CC(=O)[O-])CCN(CC(=O)[O-])CC3)cc2)cc1)C(=O)N[C@@H](C)C(=O)NO.[Gd]. The Hall–Kier alpha value is -5.52. The van der Waals surface area contributed by atoms with Crippen LogP contribution in [0.1, 0.15) is 62.4 Å². The predicted molar refractivity (Wildman–Crippen MR) is 262 cm³/mol. The quantitative estimate of drug-likeness (QED) is 0.0310. The molecule has 2 aliphatic heterocycles. The van der Waals surface area contributed by atoms with E-state index >= 15 is 0 Å². The molecule has 2 saturated heterocycles. The van der Waals surface area contributed by atoms with E-state index < -0.39 is 104 Å². The van der Waals surface area contributed by atoms with Gasteiger partial charge < -0.3 is 71.1 Å². The van der Waals surface area contributed by atoms with Crippen molar-refractivity contribution in [3.8, 4) is 0 Å². The first kappa shape index (κ1) is 63.8. The van der Waals surface area contributed by atoms with E-state index in [-0.39, 0.29) is 128 Å². The van der Waals surface area contributed by atoms with Crippen LogP contribution in [-0.2, 0) is 44.8 Å². The minimum atomic E-state index is -1.37. The summed E-state index contributed by atoms with van der Waals surface area (Å²) < 4.78 is 0. The number of hydrogen-bond acceptors (Lipinski definition) is 19. The molecule has 0 bridgehead atoms. The fourth-order valence-electron chi connectivity index (χ4n) is 8.54. The molecule has 4 rings (SSSR count). The Kier molecular flexibility index (Phi) is 27.3. The van der Waals surface area contributed by atoms with Crippen LogP contribution in [0.25, 0.3) is 0 Å². The number of carboxylic acid groups (broad SMARTS) is 4. The van der Waals surface area contributed by atoms with Crippen molar-refractivity contribution in [3.05, 3.63) is 59.7 Å². The monoisotopic (exact) mass is 1210 g/mol. The van der Waals surface area contributed by atoms with Gasteiger partial charge in [0, 0.05) is 141 Å². The molecule has 75 heavy (non-hydrogen) atoms. The molecule has 27 heteroatoms. The van der Waals surface area contributed by atoms with E-state index in [1.54, 1.807) is 41.3 Å². The van der Waals surface area contributed by atoms with E-state index in [1.807, 2.05) is 13.8 Å². The molecule has 0 radical (unpaired) electrons. The number of likely N-dealkylation sites (tertiary alicyclic amines) is 1. The van der Waals surface area contributed by atoms with Crippen molar-refractivity contribution < 1.29 is 109 Å². The predicted octanol–water partition coefficient (Wildman–Crippen LogP) is -5.72. The summed E-state index contributed by atoms with van der Waals surface area (Å²) in [6, 6.07) is 9.21. The zero-order valence-electron chi connectivity index (χ0n) is 42.0. The second kappa shape index (κ2) is 32.2. The Morgan fingerprint density at radius 2 is 1.17 bits per heavy atom. The molecule has 2 aromatic rings. The van der Waals surface area contributed by atoms with Gasteiger partial charge in [-0.3, -0.25) is 48.8 Å². The number of amides is 5. The number of rotatable bonds is 23. The smallest absolute Gasteiger partial charge is 0.265 e. The van der Waals surface area contributed by atoms with Crippen LogP contribution < -0.4 is 52.5 Å². The van der Waals surface area contributed by atoms with Crippen LogP contribution in [0, 0.1) is 45.9 Å². The van der Waals surface area contributed by atoms with Crippen LogP contribution in [0.3, 0.4) is 0 Å². The third-order valence-electron chi connectivity index (χ3n) is 12.4. The van der Waals surface area contributed by atoms with Crippen molar-refractivity contribution in [2.75, 3.05) is 95.7 Å². The van der Waals surface area contributed by atoms with E-state index in [0.717, 1.165) is 5.56 Å². The van der Waals surface area contributed by atoms with Crippen molar-refractivity contribution >= 4 is 82.1 Å². The molecule has 0 aliphatic carbocycles. The summed E-state index contributed by atoms with van der Waals surface area (Å²) in [6.45, 7) is 4.31. The Balaban J connectivity index is 0.0000148. The van der Waals surface area contributed by atoms with Crippen molar-refractivity contribution in [3.63, 3.8) is 0 Å². The number of carboxylic acids is 4. The molecule has 2 aromatic carbocycles. The Labute approximate surface area is 472 Å². The van der Waals surface area contributed by atoms with Gasteiger partial charge in [0.05, 0.1) is 30.4 Å². The number of thiocarbonyl (C=S) groups is 1. The number of anilines is 2. The number of hydrogen-bond donors (Lipinski definition) is 7. The molecule has 5 amide bonds. The Morgan fingerprint density at radius 1 is 0.680 bits per heavy atom. The largest absolute Gasteiger partial charge is 0.549 e. The summed E-state index contributed by atoms with van der Waals surface area (Å²) in [5.41, 5.74) is 3.61. The van der Waals surface area contributed by atoms with Gasteiger partial charge in [-0.25, -0.2) is 5.48 Å². The van der Waals surface area contributed by atoms with E-state index in [4.69, 9.17) is 17.4 Å². The molecule has 2 fully saturated rings. The van der Waals surface area contributed by atoms with E-state index in [1.165, 1.54) is 44.1 Å². The summed E-state index contributed by atoms with van der Waals surface area (Å²) >= 11 is 5.50. The van der Waals surface area contributed by atoms with Gasteiger partial charge in [0.25, 0.3) is 11.8 Å². The maximum Gasteiger partial charge on any atom is 0.265 e. The summed E-state index contributed by atoms with van der Waals surface area (Å²) in [5, 5.41) is 70.0. The van der Waals surface area contributed by atoms with Gasteiger partial charge >= 0.3 is 0 Å². The standard InChI is InChI=1S/C48H69N11O14S.Gd/c1-30(2)25-36(45(69)50-31(3)43(67)54-73)53-46(70)37-5-4-16-59(37)39(60)26-49-44(68)33-9-13-35(14-10-33)52-48(74)51-34-11-6-32(7-12-34)8-15-38(47(71)72)58-23-21-56(28-41(63)64)19-17-55(27-40(61)62)18-20-57(22-24-58)29-42(65)66;/h6-7,9-14,30-31,36-38,73H,4-5,8,15-29H2,1-3H3,(H,49,68)(H,50,69)(H,53,70)(H,54,67)(H,61,62)(H,63,64)(H,65,66)(H,71,72)(H2,51,52,74);/p-4/t31-,36+,37-,38?;/m0./s1. The van der Waals surface area contributed by atoms with Crippen molar-refractivity contribution in [1.29, 1.82) is 0 Å². The number of hydroxylamine groups is 1. The van der Waals surface area contributed by atoms with Gasteiger partial charge in [0.15, 0.2) is 5.11 Å². The van der Waals surface area contributed by atoms with E-state index in [2.05, 4.69) is 26.6 Å². The zero-order chi connectivity index (χ0) is 54.5. The van der Waals surface area contributed by atoms with E-state index in [9.17, 15) is 63.6 Å².